The zero-order valence-electron chi connectivity index (χ0n) is 16.3. The average molecular weight is 390 g/mol. The number of H-pyrrole nitrogens is 1. The monoisotopic (exact) mass is 390 g/mol. The smallest absolute Gasteiger partial charge is 0.289 e. The minimum Gasteiger partial charge on any atom is -0.493 e. The van der Waals surface area contributed by atoms with Gasteiger partial charge in [-0.15, -0.1) is 0 Å². The lowest BCUT2D eigenvalue weighted by atomic mass is 10.1. The highest BCUT2D eigenvalue weighted by atomic mass is 16.5. The van der Waals surface area contributed by atoms with Crippen LogP contribution in [0.4, 0.5) is 0 Å². The van der Waals surface area contributed by atoms with Gasteiger partial charge in [0.2, 0.25) is 0 Å². The number of carbonyl (C=O) groups excluding carboxylic acids is 1. The molecule has 3 rings (SSSR count). The molecule has 0 aliphatic carbocycles. The van der Waals surface area contributed by atoms with Gasteiger partial charge in [-0.1, -0.05) is 36.4 Å². The van der Waals surface area contributed by atoms with Crippen LogP contribution in [-0.2, 0) is 0 Å². The standard InChI is InChI=1S/C22H22N4O3/c1-3-29-20-12-11-17(14-21(20)28-2)18-15-19(25-24-18)22(27)26-23-13-7-10-16-8-5-4-6-9-16/h4-15H,3H2,1-2H3,(H,24,25)(H,26,27)/b10-7+,23-13-. The van der Waals surface area contributed by atoms with Gasteiger partial charge in [-0.3, -0.25) is 9.89 Å². The van der Waals surface area contributed by atoms with Crippen LogP contribution < -0.4 is 14.9 Å². The van der Waals surface area contributed by atoms with Crippen LogP contribution in [0.15, 0.2) is 65.8 Å². The molecule has 3 aromatic rings. The quantitative estimate of drug-likeness (QED) is 0.451. The fourth-order valence-electron chi connectivity index (χ4n) is 2.61. The Bertz CT molecular complexity index is 1010. The second-order valence-electron chi connectivity index (χ2n) is 5.95. The maximum absolute atomic E-state index is 12.2. The number of methoxy groups -OCH3 is 1. The lowest BCUT2D eigenvalue weighted by Gasteiger charge is -2.09. The molecule has 0 aliphatic heterocycles. The molecular weight excluding hydrogens is 368 g/mol. The van der Waals surface area contributed by atoms with Gasteiger partial charge in [-0.05, 0) is 42.8 Å². The summed E-state index contributed by atoms with van der Waals surface area (Å²) in [6.45, 7) is 2.45. The summed E-state index contributed by atoms with van der Waals surface area (Å²) >= 11 is 0. The molecule has 1 amide bonds. The van der Waals surface area contributed by atoms with Gasteiger partial charge in [0.05, 0.1) is 19.4 Å². The van der Waals surface area contributed by atoms with Crippen molar-refractivity contribution < 1.29 is 14.3 Å². The largest absolute Gasteiger partial charge is 0.493 e. The number of ether oxygens (including phenoxy) is 2. The lowest BCUT2D eigenvalue weighted by molar-refractivity contribution is 0.0950. The molecule has 0 saturated carbocycles. The number of aromatic nitrogens is 2. The number of amides is 1. The summed E-state index contributed by atoms with van der Waals surface area (Å²) < 4.78 is 10.9. The summed E-state index contributed by atoms with van der Waals surface area (Å²) in [6.07, 6.45) is 5.16. The Morgan fingerprint density at radius 3 is 2.76 bits per heavy atom. The van der Waals surface area contributed by atoms with E-state index in [0.29, 0.717) is 29.5 Å². The van der Waals surface area contributed by atoms with Crippen molar-refractivity contribution in [2.45, 2.75) is 6.92 Å². The number of nitrogens with zero attached hydrogens (tertiary/aromatic N) is 2. The Morgan fingerprint density at radius 1 is 1.17 bits per heavy atom. The summed E-state index contributed by atoms with van der Waals surface area (Å²) in [5, 5.41) is 10.8. The molecule has 0 aliphatic rings. The third-order valence-electron chi connectivity index (χ3n) is 4.00. The van der Waals surface area contributed by atoms with Crippen molar-refractivity contribution in [2.24, 2.45) is 5.10 Å². The fourth-order valence-corrected chi connectivity index (χ4v) is 2.61. The first-order valence-corrected chi connectivity index (χ1v) is 9.13. The van der Waals surface area contributed by atoms with Crippen molar-refractivity contribution in [3.63, 3.8) is 0 Å². The van der Waals surface area contributed by atoms with Crippen LogP contribution >= 0.6 is 0 Å². The van der Waals surface area contributed by atoms with E-state index in [4.69, 9.17) is 9.47 Å². The van der Waals surface area contributed by atoms with Gasteiger partial charge in [0.25, 0.3) is 5.91 Å². The second kappa shape index (κ2) is 9.89. The molecule has 1 aromatic heterocycles. The Morgan fingerprint density at radius 2 is 2.00 bits per heavy atom. The Kier molecular flexibility index (Phi) is 6.78. The highest BCUT2D eigenvalue weighted by Crippen LogP contribution is 2.32. The van der Waals surface area contributed by atoms with E-state index in [2.05, 4.69) is 20.7 Å². The molecule has 0 fully saturated rings. The van der Waals surface area contributed by atoms with E-state index in [-0.39, 0.29) is 5.91 Å². The molecule has 2 aromatic carbocycles. The molecule has 7 nitrogen and oxygen atoms in total. The number of aromatic amines is 1. The minimum atomic E-state index is -0.383. The Balaban J connectivity index is 1.62. The second-order valence-corrected chi connectivity index (χ2v) is 5.95. The molecule has 0 radical (unpaired) electrons. The molecule has 0 saturated heterocycles. The van der Waals surface area contributed by atoms with Crippen LogP contribution in [0, 0.1) is 0 Å². The number of benzene rings is 2. The molecule has 1 heterocycles. The summed E-state index contributed by atoms with van der Waals surface area (Å²) in [4.78, 5) is 12.2. The fraction of sp³-hybridized carbons (Fsp3) is 0.136. The molecule has 7 heteroatoms. The van der Waals surface area contributed by atoms with Crippen molar-refractivity contribution in [3.8, 4) is 22.8 Å². The highest BCUT2D eigenvalue weighted by molar-refractivity contribution is 5.94. The van der Waals surface area contributed by atoms with Gasteiger partial charge in [-0.2, -0.15) is 10.2 Å². The van der Waals surface area contributed by atoms with Crippen molar-refractivity contribution in [2.75, 3.05) is 13.7 Å². The molecule has 0 unspecified atom stereocenters. The highest BCUT2D eigenvalue weighted by Gasteiger charge is 2.12. The van der Waals surface area contributed by atoms with Crippen molar-refractivity contribution >= 4 is 18.2 Å². The summed E-state index contributed by atoms with van der Waals surface area (Å²) in [6, 6.07) is 17.0. The van der Waals surface area contributed by atoms with Gasteiger partial charge < -0.3 is 9.47 Å². The van der Waals surface area contributed by atoms with Crippen LogP contribution in [0.5, 0.6) is 11.5 Å². The Labute approximate surface area is 169 Å². The van der Waals surface area contributed by atoms with Gasteiger partial charge in [-0.25, -0.2) is 5.43 Å². The van der Waals surface area contributed by atoms with Crippen LogP contribution in [-0.4, -0.2) is 36.0 Å². The SMILES string of the molecule is CCOc1ccc(-c2cc(C(=O)N/N=C\C=C\c3ccccc3)[nH]n2)cc1OC. The first-order chi connectivity index (χ1) is 14.2. The first kappa shape index (κ1) is 19.9. The first-order valence-electron chi connectivity index (χ1n) is 9.13. The van der Waals surface area contributed by atoms with E-state index in [1.807, 2.05) is 61.5 Å². The summed E-state index contributed by atoms with van der Waals surface area (Å²) in [5.41, 5.74) is 5.23. The molecule has 0 bridgehead atoms. The van der Waals surface area contributed by atoms with Gasteiger partial charge >= 0.3 is 0 Å². The zero-order chi connectivity index (χ0) is 20.5. The van der Waals surface area contributed by atoms with E-state index < -0.39 is 0 Å². The van der Waals surface area contributed by atoms with Crippen LogP contribution in [0.2, 0.25) is 0 Å². The predicted molar refractivity (Wildman–Crippen MR) is 113 cm³/mol. The maximum atomic E-state index is 12.2. The lowest BCUT2D eigenvalue weighted by Crippen LogP contribution is -2.17. The van der Waals surface area contributed by atoms with Gasteiger partial charge in [0.15, 0.2) is 11.5 Å². The number of nitrogens with one attached hydrogen (secondary N) is 2. The number of allylic oxidation sites excluding steroid dienone is 1. The predicted octanol–water partition coefficient (Wildman–Crippen LogP) is 3.91. The van der Waals surface area contributed by atoms with E-state index in [1.165, 1.54) is 6.21 Å². The molecule has 0 atom stereocenters. The van der Waals surface area contributed by atoms with E-state index >= 15 is 0 Å². The minimum absolute atomic E-state index is 0.303. The third kappa shape index (κ3) is 5.32. The number of hydrogen-bond acceptors (Lipinski definition) is 5. The van der Waals surface area contributed by atoms with E-state index in [1.54, 1.807) is 19.3 Å². The van der Waals surface area contributed by atoms with Gasteiger partial charge in [0.1, 0.15) is 5.69 Å². The molecular formula is C22H22N4O3. The normalized spacial score (nSPS) is 11.1. The Hall–Kier alpha value is -3.87. The summed E-state index contributed by atoms with van der Waals surface area (Å²) in [7, 11) is 1.58. The molecule has 29 heavy (non-hydrogen) atoms. The zero-order valence-corrected chi connectivity index (χ0v) is 16.3. The van der Waals surface area contributed by atoms with Crippen molar-refractivity contribution in [3.05, 3.63) is 71.9 Å². The van der Waals surface area contributed by atoms with E-state index in [9.17, 15) is 4.79 Å². The van der Waals surface area contributed by atoms with Gasteiger partial charge in [0, 0.05) is 11.8 Å². The molecule has 0 spiro atoms. The third-order valence-corrected chi connectivity index (χ3v) is 4.00. The topological polar surface area (TPSA) is 88.6 Å². The number of hydrogen-bond donors (Lipinski definition) is 2. The molecule has 2 N–H and O–H groups in total. The summed E-state index contributed by atoms with van der Waals surface area (Å²) in [5.74, 6) is 0.879. The van der Waals surface area contributed by atoms with Crippen molar-refractivity contribution in [1.82, 2.24) is 15.6 Å². The number of rotatable bonds is 8. The molecule has 148 valence electrons. The maximum Gasteiger partial charge on any atom is 0.289 e. The van der Waals surface area contributed by atoms with Crippen LogP contribution in [0.1, 0.15) is 23.0 Å². The number of hydrazone groups is 1. The van der Waals surface area contributed by atoms with Crippen LogP contribution in [0.3, 0.4) is 0 Å². The van der Waals surface area contributed by atoms with Crippen LogP contribution in [0.25, 0.3) is 17.3 Å². The van der Waals surface area contributed by atoms with E-state index in [0.717, 1.165) is 11.1 Å². The average Bonchev–Trinajstić information content (AvgIpc) is 3.25. The number of carbonyl (C=O) groups is 1. The van der Waals surface area contributed by atoms with Crippen molar-refractivity contribution in [1.29, 1.82) is 0 Å².